The first kappa shape index (κ1) is 22.9. The summed E-state index contributed by atoms with van der Waals surface area (Å²) in [6, 6.07) is 11.9. The molecule has 0 saturated heterocycles. The molecule has 2 heterocycles. The normalized spacial score (nSPS) is 10.4. The zero-order chi connectivity index (χ0) is 24.1. The predicted molar refractivity (Wildman–Crippen MR) is 116 cm³/mol. The number of benzene rings is 2. The van der Waals surface area contributed by atoms with E-state index >= 15 is 0 Å². The van der Waals surface area contributed by atoms with Gasteiger partial charge in [-0.25, -0.2) is 9.59 Å². The molecular weight excluding hydrogens is 434 g/mol. The Morgan fingerprint density at radius 3 is 1.97 bits per heavy atom. The number of Topliss-reactive ketones (excluding diaryl/α,β-unsaturated/α-hetero) is 2. The van der Waals surface area contributed by atoms with Crippen LogP contribution in [-0.4, -0.2) is 48.6 Å². The highest BCUT2D eigenvalue weighted by Gasteiger charge is 2.20. The number of nitro groups is 1. The van der Waals surface area contributed by atoms with Gasteiger partial charge in [-0.15, -0.1) is 0 Å². The van der Waals surface area contributed by atoms with Gasteiger partial charge in [0.05, 0.1) is 15.8 Å². The molecule has 0 amide bonds. The van der Waals surface area contributed by atoms with Gasteiger partial charge >= 0.3 is 11.9 Å². The van der Waals surface area contributed by atoms with E-state index in [2.05, 4.69) is 9.97 Å². The van der Waals surface area contributed by atoms with Crippen LogP contribution in [0.15, 0.2) is 54.9 Å². The summed E-state index contributed by atoms with van der Waals surface area (Å²) in [4.78, 5) is 59.2. The first-order valence-electron chi connectivity index (χ1n) is 9.49. The maximum Gasteiger partial charge on any atom is 0.372 e. The lowest BCUT2D eigenvalue weighted by Crippen LogP contribution is -2.14. The summed E-state index contributed by atoms with van der Waals surface area (Å²) in [5.41, 5.74) is 2.28. The van der Waals surface area contributed by atoms with E-state index in [0.29, 0.717) is 11.1 Å². The van der Waals surface area contributed by atoms with Crippen LogP contribution in [0.5, 0.6) is 0 Å². The third-order valence-electron chi connectivity index (χ3n) is 4.82. The number of non-ortho nitro benzene ring substituents is 1. The molecule has 0 aliphatic heterocycles. The van der Waals surface area contributed by atoms with Gasteiger partial charge in [0.15, 0.2) is 0 Å². The van der Waals surface area contributed by atoms with Crippen LogP contribution in [0.4, 0.5) is 5.69 Å². The average molecular weight is 451 g/mol. The van der Waals surface area contributed by atoms with Crippen LogP contribution in [0, 0.1) is 10.1 Å². The van der Waals surface area contributed by atoms with E-state index in [1.165, 1.54) is 18.3 Å². The number of carbonyl (C=O) groups excluding carboxylic acids is 2. The molecule has 0 aliphatic carbocycles. The van der Waals surface area contributed by atoms with E-state index in [-0.39, 0.29) is 23.9 Å². The van der Waals surface area contributed by atoms with E-state index < -0.39 is 28.4 Å². The predicted octanol–water partition coefficient (Wildman–Crippen LogP) is 2.64. The van der Waals surface area contributed by atoms with Gasteiger partial charge in [-0.1, -0.05) is 24.3 Å². The van der Waals surface area contributed by atoms with Crippen LogP contribution < -0.4 is 0 Å². The molecule has 0 bridgehead atoms. The Morgan fingerprint density at radius 2 is 1.33 bits per heavy atom. The van der Waals surface area contributed by atoms with E-state index in [1.54, 1.807) is 12.3 Å². The van der Waals surface area contributed by atoms with Crippen LogP contribution in [0.25, 0.3) is 21.8 Å². The van der Waals surface area contributed by atoms with Crippen molar-refractivity contribution in [2.24, 2.45) is 0 Å². The maximum absolute atomic E-state index is 11.2. The number of aromatic amines is 2. The SMILES string of the molecule is O=C(O)C(=O)Cc1c[nH]c2cccc([N+](=O)[O-])c12.O=C(O)C(=O)Cc1c[nH]c2ccccc12. The van der Waals surface area contributed by atoms with Crippen molar-refractivity contribution in [1.29, 1.82) is 0 Å². The molecule has 168 valence electrons. The Kier molecular flexibility index (Phi) is 6.63. The Hall–Kier alpha value is -4.80. The zero-order valence-corrected chi connectivity index (χ0v) is 16.9. The number of H-pyrrole nitrogens is 2. The van der Waals surface area contributed by atoms with E-state index in [4.69, 9.17) is 10.2 Å². The fourth-order valence-electron chi connectivity index (χ4n) is 3.30. The summed E-state index contributed by atoms with van der Waals surface area (Å²) in [6.07, 6.45) is 2.64. The number of nitrogens with one attached hydrogen (secondary N) is 2. The number of carbonyl (C=O) groups is 4. The highest BCUT2D eigenvalue weighted by Crippen LogP contribution is 2.28. The number of rotatable bonds is 7. The minimum atomic E-state index is -1.55. The van der Waals surface area contributed by atoms with Crippen molar-refractivity contribution in [3.63, 3.8) is 0 Å². The van der Waals surface area contributed by atoms with Crippen molar-refractivity contribution >= 4 is 51.0 Å². The van der Waals surface area contributed by atoms with Crippen LogP contribution in [0.2, 0.25) is 0 Å². The van der Waals surface area contributed by atoms with Gasteiger partial charge in [0.2, 0.25) is 11.6 Å². The molecule has 33 heavy (non-hydrogen) atoms. The molecule has 4 aromatic rings. The number of carboxylic acids is 2. The number of hydrogen-bond donors (Lipinski definition) is 4. The van der Waals surface area contributed by atoms with Gasteiger partial charge in [0.25, 0.3) is 5.69 Å². The molecule has 0 saturated carbocycles. The molecule has 11 nitrogen and oxygen atoms in total. The quantitative estimate of drug-likeness (QED) is 0.188. The molecule has 4 rings (SSSR count). The van der Waals surface area contributed by atoms with Gasteiger partial charge in [0.1, 0.15) is 0 Å². The average Bonchev–Trinajstić information content (AvgIpc) is 3.38. The second kappa shape index (κ2) is 9.56. The number of fused-ring (bicyclic) bond motifs is 2. The van der Waals surface area contributed by atoms with Crippen LogP contribution in [0.1, 0.15) is 11.1 Å². The molecular formula is C22H17N3O8. The van der Waals surface area contributed by atoms with Gasteiger partial charge in [0, 0.05) is 42.2 Å². The molecule has 0 radical (unpaired) electrons. The van der Waals surface area contributed by atoms with Crippen LogP contribution in [0.3, 0.4) is 0 Å². The Morgan fingerprint density at radius 1 is 0.788 bits per heavy atom. The second-order valence-corrected chi connectivity index (χ2v) is 6.94. The highest BCUT2D eigenvalue weighted by molar-refractivity contribution is 6.33. The van der Waals surface area contributed by atoms with Crippen molar-refractivity contribution in [1.82, 2.24) is 9.97 Å². The molecule has 4 N–H and O–H groups in total. The summed E-state index contributed by atoms with van der Waals surface area (Å²) < 4.78 is 0. The van der Waals surface area contributed by atoms with Crippen molar-refractivity contribution in [3.8, 4) is 0 Å². The van der Waals surface area contributed by atoms with E-state index in [9.17, 15) is 29.3 Å². The number of aromatic nitrogens is 2. The summed E-state index contributed by atoms with van der Waals surface area (Å²) in [5, 5.41) is 29.1. The number of nitrogens with zero attached hydrogens (tertiary/aromatic N) is 1. The number of para-hydroxylation sites is 1. The van der Waals surface area contributed by atoms with Gasteiger partial charge < -0.3 is 20.2 Å². The number of ketones is 2. The third kappa shape index (κ3) is 5.10. The molecule has 11 heteroatoms. The minimum Gasteiger partial charge on any atom is -0.475 e. The lowest BCUT2D eigenvalue weighted by molar-refractivity contribution is -0.383. The number of aliphatic carboxylic acids is 2. The van der Waals surface area contributed by atoms with E-state index in [0.717, 1.165) is 16.5 Å². The first-order chi connectivity index (χ1) is 15.7. The Labute approximate surface area is 184 Å². The maximum atomic E-state index is 11.2. The Balaban J connectivity index is 0.000000189. The summed E-state index contributed by atoms with van der Waals surface area (Å²) in [6.45, 7) is 0. The van der Waals surface area contributed by atoms with Gasteiger partial charge in [-0.2, -0.15) is 0 Å². The van der Waals surface area contributed by atoms with E-state index in [1.807, 2.05) is 24.3 Å². The monoisotopic (exact) mass is 451 g/mol. The van der Waals surface area contributed by atoms with Crippen molar-refractivity contribution in [2.45, 2.75) is 12.8 Å². The van der Waals surface area contributed by atoms with Crippen LogP contribution >= 0.6 is 0 Å². The lowest BCUT2D eigenvalue weighted by atomic mass is 10.1. The molecule has 0 spiro atoms. The highest BCUT2D eigenvalue weighted by atomic mass is 16.6. The van der Waals surface area contributed by atoms with Gasteiger partial charge in [-0.3, -0.25) is 19.7 Å². The molecule has 2 aromatic carbocycles. The topological polar surface area (TPSA) is 183 Å². The molecule has 0 unspecified atom stereocenters. The third-order valence-corrected chi connectivity index (χ3v) is 4.82. The fourth-order valence-corrected chi connectivity index (χ4v) is 3.30. The standard InChI is InChI=1S/C11H8N2O5.C11H9NO3/c14-9(11(15)16)4-6-5-12-7-2-1-3-8(10(6)7)13(17)18;13-10(11(14)15)5-7-6-12-9-4-2-1-3-8(7)9/h1-3,5,12H,4H2,(H,15,16);1-4,6,12H,5H2,(H,14,15). The Bertz CT molecular complexity index is 1400. The zero-order valence-electron chi connectivity index (χ0n) is 16.9. The lowest BCUT2D eigenvalue weighted by Gasteiger charge is -1.97. The summed E-state index contributed by atoms with van der Waals surface area (Å²) in [5.74, 6) is -4.74. The number of hydrogen-bond acceptors (Lipinski definition) is 6. The summed E-state index contributed by atoms with van der Waals surface area (Å²) >= 11 is 0. The molecule has 0 fully saturated rings. The van der Waals surface area contributed by atoms with Crippen molar-refractivity contribution < 1.29 is 34.3 Å². The molecule has 0 aliphatic rings. The van der Waals surface area contributed by atoms with Crippen molar-refractivity contribution in [3.05, 3.63) is 76.1 Å². The summed E-state index contributed by atoms with van der Waals surface area (Å²) in [7, 11) is 0. The van der Waals surface area contributed by atoms with Gasteiger partial charge in [-0.05, 0) is 23.3 Å². The molecule has 0 atom stereocenters. The minimum absolute atomic E-state index is 0.0701. The first-order valence-corrected chi connectivity index (χ1v) is 9.49. The fraction of sp³-hybridized carbons (Fsp3) is 0.0909. The second-order valence-electron chi connectivity index (χ2n) is 6.94. The number of nitro benzene ring substituents is 1. The number of carboxylic acid groups (broad SMARTS) is 2. The largest absolute Gasteiger partial charge is 0.475 e. The smallest absolute Gasteiger partial charge is 0.372 e. The molecule has 2 aromatic heterocycles. The van der Waals surface area contributed by atoms with Crippen molar-refractivity contribution in [2.75, 3.05) is 0 Å². The van der Waals surface area contributed by atoms with Crippen LogP contribution in [-0.2, 0) is 32.0 Å².